The number of aryl methyl sites for hydroxylation is 1. The van der Waals surface area contributed by atoms with Crippen molar-refractivity contribution in [1.29, 1.82) is 0 Å². The first-order valence-electron chi connectivity index (χ1n) is 12.5. The number of anilines is 1. The van der Waals surface area contributed by atoms with Crippen molar-refractivity contribution >= 4 is 34.8 Å². The van der Waals surface area contributed by atoms with Crippen LogP contribution in [-0.4, -0.2) is 53.5 Å². The summed E-state index contributed by atoms with van der Waals surface area (Å²) in [5.41, 5.74) is 3.18. The Morgan fingerprint density at radius 2 is 1.77 bits per heavy atom. The van der Waals surface area contributed by atoms with E-state index in [1.165, 1.54) is 19.2 Å². The second-order valence-corrected chi connectivity index (χ2v) is 10.8. The van der Waals surface area contributed by atoms with Gasteiger partial charge in [-0.1, -0.05) is 41.0 Å². The standard InChI is InChI=1S/C18H28N4O2S.C6H10F2.C2H6/c1-8-22-15-10-9-13(11-14(15)19-17(22)18(2,3)4)21(6)25-20(5)12-16(23)24-7;7-6(8)4-2-1-3-5-6;1-2/h9-11H,8,12H2,1-7H3;1-5H2;1-2H3. The number of likely N-dealkylation sites (N-methyl/N-ethyl adjacent to an activating group) is 1. The number of hydrogen-bond acceptors (Lipinski definition) is 6. The summed E-state index contributed by atoms with van der Waals surface area (Å²) >= 11 is 1.46. The monoisotopic (exact) mass is 514 g/mol. The highest BCUT2D eigenvalue weighted by Crippen LogP contribution is 2.32. The zero-order chi connectivity index (χ0) is 26.8. The van der Waals surface area contributed by atoms with Gasteiger partial charge in [0.15, 0.2) is 0 Å². The lowest BCUT2D eigenvalue weighted by Gasteiger charge is -2.23. The van der Waals surface area contributed by atoms with Gasteiger partial charge in [0, 0.05) is 44.0 Å². The van der Waals surface area contributed by atoms with Gasteiger partial charge in [0.2, 0.25) is 5.92 Å². The second-order valence-electron chi connectivity index (χ2n) is 9.46. The number of carbonyl (C=O) groups is 1. The van der Waals surface area contributed by atoms with Gasteiger partial charge in [0.25, 0.3) is 0 Å². The minimum Gasteiger partial charge on any atom is -0.468 e. The number of rotatable bonds is 6. The number of aromatic nitrogens is 2. The molecular weight excluding hydrogens is 470 g/mol. The quantitative estimate of drug-likeness (QED) is 0.304. The lowest BCUT2D eigenvalue weighted by molar-refractivity contribution is -0.140. The summed E-state index contributed by atoms with van der Waals surface area (Å²) in [6.07, 6.45) is 2.66. The van der Waals surface area contributed by atoms with Gasteiger partial charge in [0.1, 0.15) is 12.4 Å². The molecule has 0 atom stereocenters. The van der Waals surface area contributed by atoms with Crippen LogP contribution in [0.3, 0.4) is 0 Å². The Labute approximate surface area is 214 Å². The van der Waals surface area contributed by atoms with E-state index in [9.17, 15) is 13.6 Å². The number of ether oxygens (including phenoxy) is 1. The van der Waals surface area contributed by atoms with Crippen LogP contribution < -0.4 is 4.31 Å². The molecule has 0 radical (unpaired) electrons. The molecule has 6 nitrogen and oxygen atoms in total. The van der Waals surface area contributed by atoms with Crippen LogP contribution in [-0.2, 0) is 21.5 Å². The fraction of sp³-hybridized carbons (Fsp3) is 0.692. The predicted octanol–water partition coefficient (Wildman–Crippen LogP) is 7.07. The maximum atomic E-state index is 12.2. The van der Waals surface area contributed by atoms with E-state index in [2.05, 4.69) is 50.5 Å². The Morgan fingerprint density at radius 3 is 2.23 bits per heavy atom. The molecule has 1 aromatic carbocycles. The van der Waals surface area contributed by atoms with Crippen molar-refractivity contribution in [2.24, 2.45) is 0 Å². The fourth-order valence-electron chi connectivity index (χ4n) is 3.81. The normalized spacial score (nSPS) is 15.1. The molecule has 1 heterocycles. The van der Waals surface area contributed by atoms with Gasteiger partial charge in [-0.15, -0.1) is 0 Å². The van der Waals surface area contributed by atoms with E-state index in [1.807, 2.05) is 36.6 Å². The van der Waals surface area contributed by atoms with E-state index >= 15 is 0 Å². The molecule has 0 saturated heterocycles. The molecule has 35 heavy (non-hydrogen) atoms. The minimum absolute atomic E-state index is 0.00340. The molecular formula is C26H44F2N4O2S. The molecule has 1 aromatic heterocycles. The molecule has 9 heteroatoms. The fourth-order valence-corrected chi connectivity index (χ4v) is 4.60. The Kier molecular flexibility index (Phi) is 12.5. The number of benzene rings is 1. The Bertz CT molecular complexity index is 920. The number of halogens is 2. The van der Waals surface area contributed by atoms with E-state index < -0.39 is 5.92 Å². The van der Waals surface area contributed by atoms with Crippen LogP contribution in [0, 0.1) is 0 Å². The number of methoxy groups -OCH3 is 1. The molecule has 0 bridgehead atoms. The second kappa shape index (κ2) is 14.0. The van der Waals surface area contributed by atoms with Crippen LogP contribution in [0.25, 0.3) is 11.0 Å². The van der Waals surface area contributed by atoms with E-state index in [1.54, 1.807) is 0 Å². The molecule has 0 amide bonds. The zero-order valence-electron chi connectivity index (χ0n) is 23.0. The highest BCUT2D eigenvalue weighted by atomic mass is 32.2. The molecule has 1 aliphatic carbocycles. The van der Waals surface area contributed by atoms with Crippen molar-refractivity contribution in [2.75, 3.05) is 32.1 Å². The van der Waals surface area contributed by atoms with Gasteiger partial charge in [-0.3, -0.25) is 4.79 Å². The molecule has 0 unspecified atom stereocenters. The molecule has 1 saturated carbocycles. The lowest BCUT2D eigenvalue weighted by atomic mass is 9.96. The molecule has 0 spiro atoms. The number of carbonyl (C=O) groups excluding carboxylic acids is 1. The summed E-state index contributed by atoms with van der Waals surface area (Å²) in [4.78, 5) is 16.3. The largest absolute Gasteiger partial charge is 0.468 e. The van der Waals surface area contributed by atoms with Gasteiger partial charge >= 0.3 is 5.97 Å². The summed E-state index contributed by atoms with van der Waals surface area (Å²) in [7, 11) is 5.23. The van der Waals surface area contributed by atoms with Crippen molar-refractivity contribution in [1.82, 2.24) is 13.9 Å². The number of fused-ring (bicyclic) bond motifs is 1. The number of alkyl halides is 2. The third-order valence-corrected chi connectivity index (χ3v) is 6.37. The van der Waals surface area contributed by atoms with Gasteiger partial charge in [0.05, 0.1) is 23.8 Å². The lowest BCUT2D eigenvalue weighted by Crippen LogP contribution is -2.25. The van der Waals surface area contributed by atoms with Crippen LogP contribution in [0.2, 0.25) is 0 Å². The van der Waals surface area contributed by atoms with Crippen molar-refractivity contribution in [3.8, 4) is 0 Å². The average molecular weight is 515 g/mol. The first-order chi connectivity index (χ1) is 16.4. The summed E-state index contributed by atoms with van der Waals surface area (Å²) in [5.74, 6) is -1.48. The number of esters is 1. The minimum atomic E-state index is -2.32. The van der Waals surface area contributed by atoms with Crippen LogP contribution >= 0.6 is 12.1 Å². The van der Waals surface area contributed by atoms with Gasteiger partial charge in [-0.2, -0.15) is 0 Å². The molecule has 2 aromatic rings. The summed E-state index contributed by atoms with van der Waals surface area (Å²) in [6, 6.07) is 6.30. The van der Waals surface area contributed by atoms with E-state index in [0.29, 0.717) is 12.8 Å². The summed E-state index contributed by atoms with van der Waals surface area (Å²) in [6.45, 7) is 13.8. The third-order valence-electron chi connectivity index (χ3n) is 5.51. The van der Waals surface area contributed by atoms with Crippen LogP contribution in [0.4, 0.5) is 14.5 Å². The summed E-state index contributed by atoms with van der Waals surface area (Å²) < 4.78 is 35.2. The zero-order valence-corrected chi connectivity index (χ0v) is 23.8. The highest BCUT2D eigenvalue weighted by molar-refractivity contribution is 7.98. The van der Waals surface area contributed by atoms with Crippen LogP contribution in [0.15, 0.2) is 18.2 Å². The van der Waals surface area contributed by atoms with E-state index in [4.69, 9.17) is 9.72 Å². The predicted molar refractivity (Wildman–Crippen MR) is 144 cm³/mol. The SMILES string of the molecule is CC.CCn1c(C(C)(C)C)nc2cc(N(C)SN(C)CC(=O)OC)ccc21.FC1(F)CCCCC1. The van der Waals surface area contributed by atoms with Crippen molar-refractivity contribution < 1.29 is 18.3 Å². The van der Waals surface area contributed by atoms with Gasteiger partial charge in [-0.05, 0) is 45.0 Å². The Morgan fingerprint density at radius 1 is 1.17 bits per heavy atom. The maximum absolute atomic E-state index is 12.2. The molecule has 3 rings (SSSR count). The third kappa shape index (κ3) is 9.60. The molecule has 1 aliphatic rings. The number of hydrogen-bond donors (Lipinski definition) is 0. The molecule has 0 N–H and O–H groups in total. The van der Waals surface area contributed by atoms with E-state index in [0.717, 1.165) is 35.5 Å². The molecule has 1 fully saturated rings. The van der Waals surface area contributed by atoms with Crippen molar-refractivity contribution in [3.63, 3.8) is 0 Å². The number of imidazole rings is 1. The number of nitrogens with zero attached hydrogens (tertiary/aromatic N) is 4. The average Bonchev–Trinajstić information content (AvgIpc) is 3.19. The molecule has 0 aliphatic heterocycles. The van der Waals surface area contributed by atoms with Crippen LogP contribution in [0.5, 0.6) is 0 Å². The molecule has 200 valence electrons. The van der Waals surface area contributed by atoms with Crippen molar-refractivity contribution in [2.45, 2.75) is 91.5 Å². The van der Waals surface area contributed by atoms with Gasteiger partial charge < -0.3 is 13.6 Å². The van der Waals surface area contributed by atoms with E-state index in [-0.39, 0.29) is 30.8 Å². The first kappa shape index (κ1) is 31.2. The highest BCUT2D eigenvalue weighted by Gasteiger charge is 2.30. The maximum Gasteiger partial charge on any atom is 0.320 e. The summed E-state index contributed by atoms with van der Waals surface area (Å²) in [5, 5.41) is 0. The first-order valence-corrected chi connectivity index (χ1v) is 13.2. The smallest absolute Gasteiger partial charge is 0.320 e. The topological polar surface area (TPSA) is 50.6 Å². The Hall–Kier alpha value is -1.87. The van der Waals surface area contributed by atoms with Crippen molar-refractivity contribution in [3.05, 3.63) is 24.0 Å². The Balaban J connectivity index is 0.000000512. The van der Waals surface area contributed by atoms with Gasteiger partial charge in [-0.25, -0.2) is 18.1 Å². The van der Waals surface area contributed by atoms with Crippen LogP contribution in [0.1, 0.15) is 79.5 Å².